The lowest BCUT2D eigenvalue weighted by Gasteiger charge is -2.02. The van der Waals surface area contributed by atoms with Gasteiger partial charge in [-0.2, -0.15) is 5.10 Å². The number of amides is 1. The van der Waals surface area contributed by atoms with Crippen LogP contribution in [-0.2, 0) is 4.79 Å². The first kappa shape index (κ1) is 13.5. The Hall–Kier alpha value is -2.49. The van der Waals surface area contributed by atoms with Crippen LogP contribution in [0.1, 0.15) is 30.5 Å². The van der Waals surface area contributed by atoms with Crippen molar-refractivity contribution >= 4 is 11.6 Å². The molecule has 0 aliphatic heterocycles. The summed E-state index contributed by atoms with van der Waals surface area (Å²) in [5, 5.41) is 4.14. The Labute approximate surface area is 123 Å². The van der Waals surface area contributed by atoms with Crippen LogP contribution >= 0.6 is 0 Å². The molecule has 2 unspecified atom stereocenters. The van der Waals surface area contributed by atoms with Crippen molar-refractivity contribution in [3.8, 4) is 0 Å². The van der Waals surface area contributed by atoms with E-state index in [4.69, 9.17) is 0 Å². The summed E-state index contributed by atoms with van der Waals surface area (Å²) in [4.78, 5) is 16.3. The second kappa shape index (κ2) is 5.87. The zero-order chi connectivity index (χ0) is 14.7. The highest BCUT2D eigenvalue weighted by Crippen LogP contribution is 2.47. The molecule has 0 saturated heterocycles. The molecule has 0 spiro atoms. The van der Waals surface area contributed by atoms with Crippen molar-refractivity contribution in [2.24, 2.45) is 11.0 Å². The standard InChI is InChI=1S/C17H17N3O/c1-12(16-9-5-6-10-18-16)19-20-17(21)15-11-14(15)13-7-3-2-4-8-13/h2-10,14-15H,11H2,1H3,(H,20,21)/b19-12+. The maximum Gasteiger partial charge on any atom is 0.243 e. The van der Waals surface area contributed by atoms with E-state index in [1.807, 2.05) is 43.3 Å². The molecule has 106 valence electrons. The van der Waals surface area contributed by atoms with E-state index in [1.54, 1.807) is 6.20 Å². The minimum atomic E-state index is -0.0147. The van der Waals surface area contributed by atoms with Crippen LogP contribution in [0, 0.1) is 5.92 Å². The second-order valence-corrected chi connectivity index (χ2v) is 5.25. The quantitative estimate of drug-likeness (QED) is 0.691. The molecular weight excluding hydrogens is 262 g/mol. The third kappa shape index (κ3) is 3.16. The molecule has 4 nitrogen and oxygen atoms in total. The molecule has 1 aliphatic carbocycles. The van der Waals surface area contributed by atoms with Gasteiger partial charge in [0.2, 0.25) is 5.91 Å². The number of rotatable bonds is 4. The zero-order valence-electron chi connectivity index (χ0n) is 11.9. The summed E-state index contributed by atoms with van der Waals surface area (Å²) in [6, 6.07) is 15.8. The molecule has 0 bridgehead atoms. The van der Waals surface area contributed by atoms with Gasteiger partial charge in [0.1, 0.15) is 0 Å². The average Bonchev–Trinajstić information content (AvgIpc) is 3.35. The molecule has 1 aliphatic rings. The van der Waals surface area contributed by atoms with Crippen molar-refractivity contribution in [2.45, 2.75) is 19.3 Å². The number of carbonyl (C=O) groups is 1. The van der Waals surface area contributed by atoms with E-state index in [0.29, 0.717) is 11.6 Å². The predicted octanol–water partition coefficient (Wildman–Crippen LogP) is 2.73. The first-order chi connectivity index (χ1) is 10.3. The van der Waals surface area contributed by atoms with Gasteiger partial charge < -0.3 is 0 Å². The van der Waals surface area contributed by atoms with Gasteiger partial charge in [0.15, 0.2) is 0 Å². The number of benzene rings is 1. The molecule has 1 amide bonds. The van der Waals surface area contributed by atoms with Crippen LogP contribution in [0.2, 0.25) is 0 Å². The fraction of sp³-hybridized carbons (Fsp3) is 0.235. The number of nitrogens with one attached hydrogen (secondary N) is 1. The first-order valence-electron chi connectivity index (χ1n) is 7.06. The highest BCUT2D eigenvalue weighted by atomic mass is 16.2. The Kier molecular flexibility index (Phi) is 3.77. The van der Waals surface area contributed by atoms with Gasteiger partial charge in [-0.15, -0.1) is 0 Å². The Bertz CT molecular complexity index is 652. The summed E-state index contributed by atoms with van der Waals surface area (Å²) in [5.74, 6) is 0.350. The van der Waals surface area contributed by atoms with Gasteiger partial charge in [0.05, 0.1) is 11.4 Å². The molecule has 1 aromatic heterocycles. The van der Waals surface area contributed by atoms with Gasteiger partial charge in [0.25, 0.3) is 0 Å². The molecular formula is C17H17N3O. The SMILES string of the molecule is C/C(=N\NC(=O)C1CC1c1ccccc1)c1ccccn1. The minimum Gasteiger partial charge on any atom is -0.273 e. The fourth-order valence-electron chi connectivity index (χ4n) is 2.41. The molecule has 1 fully saturated rings. The summed E-state index contributed by atoms with van der Waals surface area (Å²) < 4.78 is 0. The molecule has 1 heterocycles. The van der Waals surface area contributed by atoms with Crippen molar-refractivity contribution in [3.05, 3.63) is 66.0 Å². The lowest BCUT2D eigenvalue weighted by molar-refractivity contribution is -0.122. The third-order valence-electron chi connectivity index (χ3n) is 3.72. The number of hydrogen-bond donors (Lipinski definition) is 1. The molecule has 2 atom stereocenters. The van der Waals surface area contributed by atoms with Crippen molar-refractivity contribution in [3.63, 3.8) is 0 Å². The van der Waals surface area contributed by atoms with Gasteiger partial charge in [0, 0.05) is 12.1 Å². The van der Waals surface area contributed by atoms with Crippen LogP contribution in [0.15, 0.2) is 59.8 Å². The molecule has 1 saturated carbocycles. The Morgan fingerprint density at radius 1 is 1.19 bits per heavy atom. The van der Waals surface area contributed by atoms with Crippen molar-refractivity contribution in [2.75, 3.05) is 0 Å². The van der Waals surface area contributed by atoms with Crippen molar-refractivity contribution in [1.82, 2.24) is 10.4 Å². The van der Waals surface area contributed by atoms with Crippen LogP contribution < -0.4 is 5.43 Å². The highest BCUT2D eigenvalue weighted by Gasteiger charge is 2.43. The van der Waals surface area contributed by atoms with Crippen LogP contribution in [-0.4, -0.2) is 16.6 Å². The zero-order valence-corrected chi connectivity index (χ0v) is 11.9. The normalized spacial score (nSPS) is 20.9. The summed E-state index contributed by atoms with van der Waals surface area (Å²) in [5.41, 5.74) is 5.36. The molecule has 3 rings (SSSR count). The first-order valence-corrected chi connectivity index (χ1v) is 7.06. The van der Waals surface area contributed by atoms with Crippen LogP contribution in [0.5, 0.6) is 0 Å². The van der Waals surface area contributed by atoms with Gasteiger partial charge in [-0.3, -0.25) is 9.78 Å². The van der Waals surface area contributed by atoms with Crippen molar-refractivity contribution in [1.29, 1.82) is 0 Å². The van der Waals surface area contributed by atoms with Crippen LogP contribution in [0.25, 0.3) is 0 Å². The maximum absolute atomic E-state index is 12.1. The van der Waals surface area contributed by atoms with E-state index in [1.165, 1.54) is 5.56 Å². The van der Waals surface area contributed by atoms with E-state index >= 15 is 0 Å². The third-order valence-corrected chi connectivity index (χ3v) is 3.72. The Morgan fingerprint density at radius 3 is 2.67 bits per heavy atom. The monoisotopic (exact) mass is 279 g/mol. The van der Waals surface area contributed by atoms with E-state index in [9.17, 15) is 4.79 Å². The van der Waals surface area contributed by atoms with E-state index in [0.717, 1.165) is 12.1 Å². The number of hydrazone groups is 1. The molecule has 4 heteroatoms. The lowest BCUT2D eigenvalue weighted by Crippen LogP contribution is -2.21. The molecule has 0 radical (unpaired) electrons. The van der Waals surface area contributed by atoms with E-state index < -0.39 is 0 Å². The number of aromatic nitrogens is 1. The van der Waals surface area contributed by atoms with Crippen LogP contribution in [0.3, 0.4) is 0 Å². The molecule has 2 aromatic rings. The summed E-state index contributed by atoms with van der Waals surface area (Å²) in [6.45, 7) is 1.84. The number of carbonyl (C=O) groups excluding carboxylic acids is 1. The smallest absolute Gasteiger partial charge is 0.243 e. The fourth-order valence-corrected chi connectivity index (χ4v) is 2.41. The van der Waals surface area contributed by atoms with Gasteiger partial charge in [-0.1, -0.05) is 36.4 Å². The number of pyridine rings is 1. The largest absolute Gasteiger partial charge is 0.273 e. The predicted molar refractivity (Wildman–Crippen MR) is 81.9 cm³/mol. The topological polar surface area (TPSA) is 54.4 Å². The minimum absolute atomic E-state index is 0.0147. The van der Waals surface area contributed by atoms with Gasteiger partial charge in [-0.25, -0.2) is 5.43 Å². The summed E-state index contributed by atoms with van der Waals surface area (Å²) in [7, 11) is 0. The lowest BCUT2D eigenvalue weighted by atomic mass is 10.1. The number of hydrogen-bond acceptors (Lipinski definition) is 3. The second-order valence-electron chi connectivity index (χ2n) is 5.25. The van der Waals surface area contributed by atoms with E-state index in [-0.39, 0.29) is 11.8 Å². The summed E-state index contributed by atoms with van der Waals surface area (Å²) in [6.07, 6.45) is 2.61. The molecule has 1 aromatic carbocycles. The van der Waals surface area contributed by atoms with E-state index in [2.05, 4.69) is 27.6 Å². The molecule has 21 heavy (non-hydrogen) atoms. The van der Waals surface area contributed by atoms with Crippen molar-refractivity contribution < 1.29 is 4.79 Å². The average molecular weight is 279 g/mol. The maximum atomic E-state index is 12.1. The Morgan fingerprint density at radius 2 is 1.95 bits per heavy atom. The number of nitrogens with zero attached hydrogens (tertiary/aromatic N) is 2. The van der Waals surface area contributed by atoms with Crippen LogP contribution in [0.4, 0.5) is 0 Å². The summed E-state index contributed by atoms with van der Waals surface area (Å²) >= 11 is 0. The van der Waals surface area contributed by atoms with Gasteiger partial charge in [-0.05, 0) is 37.0 Å². The van der Waals surface area contributed by atoms with Gasteiger partial charge >= 0.3 is 0 Å². The Balaban J connectivity index is 1.59. The highest BCUT2D eigenvalue weighted by molar-refractivity contribution is 5.97. The molecule has 1 N–H and O–H groups in total.